The standard InChI is InChI=1S/C21H21ClFN3OS/c22-13-6-12-2-1-5-26(19-10-24-9-17(19)23)20(12)16(7-13)15-3-4-25-18-8-14(11-27)28-21(15)18/h3-4,6-8,17,19,24,27H,1-2,5,9-11H2. The maximum atomic E-state index is 14.6. The monoisotopic (exact) mass is 417 g/mol. The lowest BCUT2D eigenvalue weighted by Gasteiger charge is -2.38. The molecule has 0 bridgehead atoms. The molecule has 1 aromatic carbocycles. The van der Waals surface area contributed by atoms with E-state index in [0.717, 1.165) is 51.3 Å². The highest BCUT2D eigenvalue weighted by atomic mass is 35.5. The first-order chi connectivity index (χ1) is 13.7. The minimum Gasteiger partial charge on any atom is -0.391 e. The molecule has 5 rings (SSSR count). The Morgan fingerprint density at radius 1 is 1.29 bits per heavy atom. The number of hydrogen-bond donors (Lipinski definition) is 2. The van der Waals surface area contributed by atoms with Crippen LogP contribution in [0.3, 0.4) is 0 Å². The molecule has 3 aromatic rings. The minimum absolute atomic E-state index is 0.00246. The number of rotatable bonds is 3. The lowest BCUT2D eigenvalue weighted by molar-refractivity contribution is 0.285. The smallest absolute Gasteiger partial charge is 0.134 e. The van der Waals surface area contributed by atoms with Crippen molar-refractivity contribution in [3.8, 4) is 11.1 Å². The van der Waals surface area contributed by atoms with Gasteiger partial charge in [0.05, 0.1) is 22.9 Å². The zero-order valence-corrected chi connectivity index (χ0v) is 16.9. The summed E-state index contributed by atoms with van der Waals surface area (Å²) in [5.74, 6) is 0. The molecule has 1 saturated heterocycles. The van der Waals surface area contributed by atoms with E-state index in [1.807, 2.05) is 24.3 Å². The first-order valence-corrected chi connectivity index (χ1v) is 10.8. The Hall–Kier alpha value is -1.73. The summed E-state index contributed by atoms with van der Waals surface area (Å²) in [4.78, 5) is 7.58. The molecule has 4 nitrogen and oxygen atoms in total. The number of benzene rings is 1. The first kappa shape index (κ1) is 18.3. The van der Waals surface area contributed by atoms with E-state index in [4.69, 9.17) is 11.6 Å². The summed E-state index contributed by atoms with van der Waals surface area (Å²) >= 11 is 8.04. The largest absolute Gasteiger partial charge is 0.391 e. The van der Waals surface area contributed by atoms with Crippen LogP contribution in [0.15, 0.2) is 30.5 Å². The number of aryl methyl sites for hydroxylation is 1. The number of halogens is 2. The van der Waals surface area contributed by atoms with Crippen molar-refractivity contribution in [1.29, 1.82) is 0 Å². The Balaban J connectivity index is 1.73. The van der Waals surface area contributed by atoms with Crippen molar-refractivity contribution in [3.63, 3.8) is 0 Å². The van der Waals surface area contributed by atoms with Crippen LogP contribution in [0.1, 0.15) is 16.9 Å². The van der Waals surface area contributed by atoms with Crippen molar-refractivity contribution in [1.82, 2.24) is 10.3 Å². The summed E-state index contributed by atoms with van der Waals surface area (Å²) < 4.78 is 15.6. The molecule has 28 heavy (non-hydrogen) atoms. The average Bonchev–Trinajstić information content (AvgIpc) is 3.32. The van der Waals surface area contributed by atoms with Gasteiger partial charge in [-0.3, -0.25) is 4.98 Å². The molecule has 0 spiro atoms. The lowest BCUT2D eigenvalue weighted by Crippen LogP contribution is -2.45. The fraction of sp³-hybridized carbons (Fsp3) is 0.381. The van der Waals surface area contributed by atoms with Crippen molar-refractivity contribution in [2.45, 2.75) is 31.7 Å². The number of fused-ring (bicyclic) bond motifs is 2. The fourth-order valence-electron chi connectivity index (χ4n) is 4.49. The second-order valence-electron chi connectivity index (χ2n) is 7.44. The third-order valence-corrected chi connectivity index (χ3v) is 7.07. The summed E-state index contributed by atoms with van der Waals surface area (Å²) in [5, 5.41) is 13.4. The Bertz CT molecular complexity index is 1040. The molecule has 2 aliphatic heterocycles. The van der Waals surface area contributed by atoms with Gasteiger partial charge in [-0.2, -0.15) is 0 Å². The third kappa shape index (κ3) is 2.99. The Labute approximate surface area is 172 Å². The van der Waals surface area contributed by atoms with Crippen molar-refractivity contribution in [2.24, 2.45) is 0 Å². The van der Waals surface area contributed by atoms with Gasteiger partial charge in [0, 0.05) is 52.5 Å². The second kappa shape index (κ2) is 7.26. The molecule has 0 amide bonds. The molecule has 2 aliphatic rings. The van der Waals surface area contributed by atoms with Crippen LogP contribution in [0.4, 0.5) is 10.1 Å². The summed E-state index contributed by atoms with van der Waals surface area (Å²) in [6, 6.07) is 7.78. The first-order valence-electron chi connectivity index (χ1n) is 9.58. The van der Waals surface area contributed by atoms with Gasteiger partial charge in [-0.1, -0.05) is 11.6 Å². The molecular formula is C21H21ClFN3OS. The van der Waals surface area contributed by atoms with Gasteiger partial charge in [0.15, 0.2) is 0 Å². The molecule has 2 unspecified atom stereocenters. The van der Waals surface area contributed by atoms with Gasteiger partial charge in [-0.25, -0.2) is 4.39 Å². The van der Waals surface area contributed by atoms with E-state index >= 15 is 0 Å². The number of nitrogens with zero attached hydrogens (tertiary/aromatic N) is 2. The molecular weight excluding hydrogens is 397 g/mol. The van der Waals surface area contributed by atoms with Crippen LogP contribution in [-0.4, -0.2) is 41.9 Å². The number of thiophene rings is 1. The molecule has 0 radical (unpaired) electrons. The van der Waals surface area contributed by atoms with Gasteiger partial charge in [0.25, 0.3) is 0 Å². The quantitative estimate of drug-likeness (QED) is 0.671. The summed E-state index contributed by atoms with van der Waals surface area (Å²) in [6.45, 7) is 1.90. The fourth-order valence-corrected chi connectivity index (χ4v) is 5.73. The highest BCUT2D eigenvalue weighted by Gasteiger charge is 2.36. The number of alkyl halides is 1. The van der Waals surface area contributed by atoms with Crippen molar-refractivity contribution >= 4 is 38.8 Å². The minimum atomic E-state index is -0.880. The van der Waals surface area contributed by atoms with E-state index in [2.05, 4.69) is 15.2 Å². The Kier molecular flexibility index (Phi) is 4.75. The number of hydrogen-bond acceptors (Lipinski definition) is 5. The zero-order chi connectivity index (χ0) is 19.3. The summed E-state index contributed by atoms with van der Waals surface area (Å²) in [6.07, 6.45) is 2.85. The molecule has 4 heterocycles. The van der Waals surface area contributed by atoms with Gasteiger partial charge in [-0.05, 0) is 42.7 Å². The van der Waals surface area contributed by atoms with E-state index in [-0.39, 0.29) is 12.6 Å². The summed E-state index contributed by atoms with van der Waals surface area (Å²) in [7, 11) is 0. The van der Waals surface area contributed by atoms with Crippen LogP contribution in [0, 0.1) is 0 Å². The highest BCUT2D eigenvalue weighted by molar-refractivity contribution is 7.19. The highest BCUT2D eigenvalue weighted by Crippen LogP contribution is 2.44. The molecule has 2 atom stereocenters. The van der Waals surface area contributed by atoms with Crippen LogP contribution in [-0.2, 0) is 13.0 Å². The third-order valence-electron chi connectivity index (χ3n) is 5.71. The number of aliphatic hydroxyl groups excluding tert-OH is 1. The van der Waals surface area contributed by atoms with E-state index in [9.17, 15) is 9.50 Å². The van der Waals surface area contributed by atoms with Crippen molar-refractivity contribution < 1.29 is 9.50 Å². The predicted molar refractivity (Wildman–Crippen MR) is 113 cm³/mol. The SMILES string of the molecule is OCc1cc2nccc(-c3cc(Cl)cc4c3N(C3CNCC3F)CCC4)c2s1. The van der Waals surface area contributed by atoms with Crippen LogP contribution in [0.25, 0.3) is 21.3 Å². The van der Waals surface area contributed by atoms with E-state index in [1.54, 1.807) is 17.5 Å². The van der Waals surface area contributed by atoms with Gasteiger partial charge in [0.2, 0.25) is 0 Å². The molecule has 7 heteroatoms. The van der Waals surface area contributed by atoms with Crippen molar-refractivity contribution in [3.05, 3.63) is 45.9 Å². The topological polar surface area (TPSA) is 48.4 Å². The van der Waals surface area contributed by atoms with Gasteiger partial charge in [0.1, 0.15) is 6.17 Å². The lowest BCUT2D eigenvalue weighted by atomic mass is 9.92. The normalized spacial score (nSPS) is 22.0. The van der Waals surface area contributed by atoms with Crippen LogP contribution < -0.4 is 10.2 Å². The van der Waals surface area contributed by atoms with Gasteiger partial charge >= 0.3 is 0 Å². The van der Waals surface area contributed by atoms with Crippen LogP contribution in [0.2, 0.25) is 5.02 Å². The Morgan fingerprint density at radius 3 is 2.96 bits per heavy atom. The number of aliphatic hydroxyl groups is 1. The molecule has 2 aromatic heterocycles. The van der Waals surface area contributed by atoms with E-state index in [1.165, 1.54) is 5.56 Å². The number of nitrogens with one attached hydrogen (secondary N) is 1. The number of aromatic nitrogens is 1. The predicted octanol–water partition coefficient (Wildman–Crippen LogP) is 4.17. The van der Waals surface area contributed by atoms with E-state index in [0.29, 0.717) is 18.1 Å². The number of pyridine rings is 1. The molecule has 0 saturated carbocycles. The van der Waals surface area contributed by atoms with Gasteiger partial charge in [-0.15, -0.1) is 11.3 Å². The maximum Gasteiger partial charge on any atom is 0.134 e. The zero-order valence-electron chi connectivity index (χ0n) is 15.3. The average molecular weight is 418 g/mol. The van der Waals surface area contributed by atoms with Gasteiger partial charge < -0.3 is 15.3 Å². The van der Waals surface area contributed by atoms with Crippen LogP contribution in [0.5, 0.6) is 0 Å². The second-order valence-corrected chi connectivity index (χ2v) is 9.02. The molecule has 0 aliphatic carbocycles. The van der Waals surface area contributed by atoms with E-state index < -0.39 is 6.17 Å². The molecule has 146 valence electrons. The van der Waals surface area contributed by atoms with Crippen LogP contribution >= 0.6 is 22.9 Å². The summed E-state index contributed by atoms with van der Waals surface area (Å²) in [5.41, 5.74) is 5.21. The number of anilines is 1. The maximum absolute atomic E-state index is 14.6. The molecule has 1 fully saturated rings. The molecule has 2 N–H and O–H groups in total. The Morgan fingerprint density at radius 2 is 2.18 bits per heavy atom. The van der Waals surface area contributed by atoms with Crippen molar-refractivity contribution in [2.75, 3.05) is 24.5 Å².